The Labute approximate surface area is 565 Å². The lowest BCUT2D eigenvalue weighted by Gasteiger charge is -2.72. The quantitative estimate of drug-likeness (QED) is 0.0388. The summed E-state index contributed by atoms with van der Waals surface area (Å²) in [6, 6.07) is 0. The Morgan fingerprint density at radius 1 is 0.571 bits per heavy atom. The molecule has 0 amide bonds. The minimum absolute atomic E-state index is 0.0149. The van der Waals surface area contributed by atoms with Crippen molar-refractivity contribution in [2.45, 2.75) is 291 Å². The number of carboxylic acids is 1. The van der Waals surface area contributed by atoms with Gasteiger partial charge in [0.05, 0.1) is 69.5 Å². The summed E-state index contributed by atoms with van der Waals surface area (Å²) in [5.41, 5.74) is -7.81. The number of hydrogen-bond acceptors (Lipinski definition) is 33. The molecule has 0 aromatic carbocycles. The number of aliphatic hydroxyl groups is 16. The zero-order valence-corrected chi connectivity index (χ0v) is 56.3. The molecule has 10 fully saturated rings. The lowest BCUT2D eigenvalue weighted by Crippen LogP contribution is -2.72. The number of hydrogen-bond donors (Lipinski definition) is 16. The first-order chi connectivity index (χ1) is 45.8. The fraction of sp³-hybridized carbons (Fsp3) is 0.923. The molecule has 6 aliphatic heterocycles. The Kier molecular flexibility index (Phi) is 21.7. The number of esters is 2. The largest absolute Gasteiger partial charge is 0.549 e. The van der Waals surface area contributed by atoms with Gasteiger partial charge in [0.15, 0.2) is 37.6 Å². The number of carbonyl (C=O) groups excluding carboxylic acids is 3. The molecule has 6 saturated heterocycles. The molecule has 560 valence electrons. The average Bonchev–Trinajstić information content (AvgIpc) is 0.707. The monoisotopic (exact) mass is 1410 g/mol. The van der Waals surface area contributed by atoms with E-state index < -0.39 is 267 Å². The number of allylic oxidation sites excluding steroid dienone is 2. The SMILES string of the molecule is CC(=O)O[C@H]1[C@H](O[C@H]2[C@@H](O)C[C@@]3(C)C(CC[C@]4(C)C3CC=C3[C@@H]5CC(C)(C)CC[C@]5(C(=O)O[C@H]5OC[C@@H](O)[C@H](O[C@@H]6O[C@@H](C)[C@H](OC7OC[C@@H](O)[C@H](O)[C@H]7O[C@@H]7O[C@@H](C)[C@H](O)[C@@H](O[C@@H]8OC[C@](O)(CO)[C@H]8O)[C@H]7O)[C@@H](O)[C@H]6O)[C@H]5O)[C@H](O)C[C@]34C)[C@]2(C)C(=O)[O-])O[C@H](CO)[C@@H](O)[C@@H]1O. The van der Waals surface area contributed by atoms with Gasteiger partial charge < -0.3 is 153 Å². The number of aliphatic carboxylic acids is 1. The second-order valence-electron chi connectivity index (χ2n) is 31.2. The molecule has 0 radical (unpaired) electrons. The molecule has 6 heterocycles. The smallest absolute Gasteiger partial charge is 0.317 e. The summed E-state index contributed by atoms with van der Waals surface area (Å²) >= 11 is 0. The Morgan fingerprint density at radius 3 is 1.84 bits per heavy atom. The van der Waals surface area contributed by atoms with Gasteiger partial charge in [-0.2, -0.15) is 0 Å². The van der Waals surface area contributed by atoms with E-state index in [4.69, 9.17) is 61.6 Å². The standard InChI is InChI=1S/C65H102O33/c1-24-36(73)46(95-56-49(81)64(85,22-67)23-88-56)43(80)53(89-24)96-47-37(74)30(70)20-87-54(47)93-44-25(2)90-52(41(78)40(44)77)94-45-31(71)21-86-51(42(45)79)98-58(84)65-15-14-59(4,5)16-28(65)27-10-11-33-60(6)17-29(69)50(97-55-48(91-26(3)68)39(76)38(75)32(19-66)92-55)63(9,57(82)83)34(60)12-13-61(33,7)62(27,8)18-35(65)72/h10,24-25,28-56,66-67,69-81,85H,11-23H2,1-9H3,(H,82,83)/p-1/t24-,25-,28-,29-,30+,31+,32+,33?,34?,35+,36-,37-,38+,39-,40-,41+,42+,43+,44-,45-,46+,47+,48+,49-,50-,51+,52-,53-,54?,55-,56-,60+,61+,62+,63-,64+,65+/m0/s1. The molecule has 0 aromatic rings. The minimum Gasteiger partial charge on any atom is -0.549 e. The van der Waals surface area contributed by atoms with Crippen LogP contribution in [-0.2, 0) is 76.0 Å². The zero-order valence-electron chi connectivity index (χ0n) is 56.3. The second-order valence-corrected chi connectivity index (χ2v) is 31.2. The van der Waals surface area contributed by atoms with E-state index in [2.05, 4.69) is 26.8 Å². The number of carboxylic acid groups (broad SMARTS) is 1. The van der Waals surface area contributed by atoms with Crippen molar-refractivity contribution < 1.29 is 163 Å². The topological polar surface area (TPSA) is 518 Å². The summed E-state index contributed by atoms with van der Waals surface area (Å²) in [5, 5.41) is 193. The van der Waals surface area contributed by atoms with Gasteiger partial charge in [0.2, 0.25) is 6.29 Å². The summed E-state index contributed by atoms with van der Waals surface area (Å²) in [5.74, 6) is -5.13. The summed E-state index contributed by atoms with van der Waals surface area (Å²) in [6.45, 7) is 12.0. The molecule has 98 heavy (non-hydrogen) atoms. The van der Waals surface area contributed by atoms with Crippen LogP contribution in [0.3, 0.4) is 0 Å². The maximum atomic E-state index is 15.4. The maximum absolute atomic E-state index is 15.4. The van der Waals surface area contributed by atoms with Gasteiger partial charge in [-0.1, -0.05) is 53.2 Å². The van der Waals surface area contributed by atoms with Gasteiger partial charge in [0.25, 0.3) is 0 Å². The van der Waals surface area contributed by atoms with Crippen LogP contribution in [0.1, 0.15) is 114 Å². The normalized spacial score (nSPS) is 54.0. The molecule has 0 bridgehead atoms. The van der Waals surface area contributed by atoms with E-state index in [0.29, 0.717) is 25.7 Å². The number of ether oxygens (including phenoxy) is 13. The van der Waals surface area contributed by atoms with Crippen LogP contribution in [0.25, 0.3) is 0 Å². The van der Waals surface area contributed by atoms with Gasteiger partial charge in [0.1, 0.15) is 109 Å². The first-order valence-corrected chi connectivity index (χ1v) is 34.0. The number of aliphatic hydroxyl groups excluding tert-OH is 15. The van der Waals surface area contributed by atoms with Crippen molar-refractivity contribution in [3.05, 3.63) is 11.6 Å². The summed E-state index contributed by atoms with van der Waals surface area (Å²) in [7, 11) is 0. The molecule has 0 spiro atoms. The van der Waals surface area contributed by atoms with Crippen molar-refractivity contribution in [1.29, 1.82) is 0 Å². The Balaban J connectivity index is 0.775. The van der Waals surface area contributed by atoms with Crippen LogP contribution < -0.4 is 5.11 Å². The fourth-order valence-electron chi connectivity index (χ4n) is 19.0. The number of fused-ring (bicyclic) bond motifs is 7. The molecular weight excluding hydrogens is 1310 g/mol. The molecule has 33 nitrogen and oxygen atoms in total. The van der Waals surface area contributed by atoms with E-state index in [-0.39, 0.29) is 37.0 Å². The molecule has 0 aromatic heterocycles. The average molecular weight is 1410 g/mol. The maximum Gasteiger partial charge on any atom is 0.317 e. The molecular formula is C65H101O33-. The molecule has 33 heteroatoms. The van der Waals surface area contributed by atoms with Crippen LogP contribution in [0.2, 0.25) is 0 Å². The van der Waals surface area contributed by atoms with Gasteiger partial charge >= 0.3 is 11.9 Å². The summed E-state index contributed by atoms with van der Waals surface area (Å²) in [6.07, 6.45) is -43.3. The minimum atomic E-state index is -2.12. The Hall–Kier alpha value is -2.93. The van der Waals surface area contributed by atoms with E-state index in [1.807, 2.05) is 13.8 Å². The lowest BCUT2D eigenvalue weighted by atomic mass is 9.33. The van der Waals surface area contributed by atoms with E-state index in [0.717, 1.165) is 12.5 Å². The molecule has 16 N–H and O–H groups in total. The molecule has 37 atom stereocenters. The third kappa shape index (κ3) is 12.6. The van der Waals surface area contributed by atoms with Crippen LogP contribution in [0.5, 0.6) is 0 Å². The highest BCUT2D eigenvalue weighted by Gasteiger charge is 2.74. The Morgan fingerprint density at radius 2 is 1.18 bits per heavy atom. The van der Waals surface area contributed by atoms with Crippen LogP contribution in [0.15, 0.2) is 11.6 Å². The van der Waals surface area contributed by atoms with Crippen LogP contribution in [0.4, 0.5) is 0 Å². The van der Waals surface area contributed by atoms with E-state index >= 15 is 4.79 Å². The third-order valence-corrected chi connectivity index (χ3v) is 24.9. The van der Waals surface area contributed by atoms with Crippen LogP contribution >= 0.6 is 0 Å². The van der Waals surface area contributed by atoms with E-state index in [9.17, 15) is 96.4 Å². The fourth-order valence-corrected chi connectivity index (χ4v) is 19.0. The van der Waals surface area contributed by atoms with E-state index in [1.54, 1.807) is 0 Å². The van der Waals surface area contributed by atoms with Gasteiger partial charge in [0, 0.05) is 12.3 Å². The van der Waals surface area contributed by atoms with E-state index in [1.165, 1.54) is 20.8 Å². The summed E-state index contributed by atoms with van der Waals surface area (Å²) < 4.78 is 75.9. The number of carbonyl (C=O) groups is 3. The van der Waals surface area contributed by atoms with Crippen molar-refractivity contribution in [2.24, 2.45) is 50.2 Å². The van der Waals surface area contributed by atoms with Crippen molar-refractivity contribution in [3.8, 4) is 0 Å². The Bertz CT molecular complexity index is 2890. The van der Waals surface area contributed by atoms with Gasteiger partial charge in [-0.05, 0) is 105 Å². The predicted octanol–water partition coefficient (Wildman–Crippen LogP) is -6.17. The molecule has 11 aliphatic rings. The first kappa shape index (κ1) is 76.2. The predicted molar refractivity (Wildman–Crippen MR) is 319 cm³/mol. The highest BCUT2D eigenvalue weighted by molar-refractivity contribution is 5.80. The molecule has 4 saturated carbocycles. The van der Waals surface area contributed by atoms with Crippen LogP contribution in [-0.4, -0.2) is 310 Å². The molecule has 5 aliphatic carbocycles. The van der Waals surface area contributed by atoms with Crippen molar-refractivity contribution in [2.75, 3.05) is 33.0 Å². The third-order valence-electron chi connectivity index (χ3n) is 24.9. The van der Waals surface area contributed by atoms with Crippen molar-refractivity contribution >= 4 is 17.9 Å². The lowest BCUT2D eigenvalue weighted by molar-refractivity contribution is -0.385. The van der Waals surface area contributed by atoms with Crippen LogP contribution in [0, 0.1) is 50.2 Å². The molecule has 3 unspecified atom stereocenters. The zero-order chi connectivity index (χ0) is 71.8. The first-order valence-electron chi connectivity index (χ1n) is 34.0. The number of rotatable bonds is 16. The van der Waals surface area contributed by atoms with Crippen molar-refractivity contribution in [1.82, 2.24) is 0 Å². The van der Waals surface area contributed by atoms with Gasteiger partial charge in [-0.15, -0.1) is 0 Å². The van der Waals surface area contributed by atoms with Crippen molar-refractivity contribution in [3.63, 3.8) is 0 Å². The van der Waals surface area contributed by atoms with Gasteiger partial charge in [-0.3, -0.25) is 9.59 Å². The summed E-state index contributed by atoms with van der Waals surface area (Å²) in [4.78, 5) is 41.5. The van der Waals surface area contributed by atoms with Gasteiger partial charge in [-0.25, -0.2) is 0 Å². The highest BCUT2D eigenvalue weighted by atomic mass is 16.8. The second kappa shape index (κ2) is 27.8. The molecule has 11 rings (SSSR count). The highest BCUT2D eigenvalue weighted by Crippen LogP contribution is 2.76.